The maximum Gasteiger partial charge on any atom is 0.340 e. The minimum atomic E-state index is -0.384. The highest BCUT2D eigenvalue weighted by Crippen LogP contribution is 2.41. The lowest BCUT2D eigenvalue weighted by Gasteiger charge is -2.17. The summed E-state index contributed by atoms with van der Waals surface area (Å²) in [6.45, 7) is 2.99. The Hall–Kier alpha value is -3.77. The van der Waals surface area contributed by atoms with Gasteiger partial charge in [0.2, 0.25) is 0 Å². The minimum Gasteiger partial charge on any atom is -0.507 e. The molecule has 0 aliphatic heterocycles. The van der Waals surface area contributed by atoms with E-state index < -0.39 is 0 Å². The number of ether oxygens (including phenoxy) is 1. The molecule has 0 saturated heterocycles. The average Bonchev–Trinajstić information content (AvgIpc) is 3.12. The number of para-hydroxylation sites is 1. The van der Waals surface area contributed by atoms with Crippen molar-refractivity contribution in [3.05, 3.63) is 83.6 Å². The number of rotatable bonds is 8. The van der Waals surface area contributed by atoms with E-state index >= 15 is 0 Å². The number of esters is 1. The molecule has 0 unspecified atom stereocenters. The van der Waals surface area contributed by atoms with E-state index in [9.17, 15) is 9.90 Å². The van der Waals surface area contributed by atoms with Crippen molar-refractivity contribution in [3.8, 4) is 16.9 Å². The van der Waals surface area contributed by atoms with Gasteiger partial charge in [0, 0.05) is 35.8 Å². The molecule has 4 aromatic rings. The summed E-state index contributed by atoms with van der Waals surface area (Å²) < 4.78 is 7.51. The van der Waals surface area contributed by atoms with Crippen molar-refractivity contribution in [2.24, 2.45) is 7.05 Å². The first kappa shape index (κ1) is 23.4. The van der Waals surface area contributed by atoms with Crippen LogP contribution in [0, 0.1) is 0 Å². The molecule has 1 aromatic heterocycles. The van der Waals surface area contributed by atoms with E-state index in [4.69, 9.17) is 4.74 Å². The molecule has 0 saturated carbocycles. The number of aryl methyl sites for hydroxylation is 1. The summed E-state index contributed by atoms with van der Waals surface area (Å²) in [6.07, 6.45) is 0. The highest BCUT2D eigenvalue weighted by Gasteiger charge is 2.27. The highest BCUT2D eigenvalue weighted by molar-refractivity contribution is 6.09. The van der Waals surface area contributed by atoms with Crippen molar-refractivity contribution in [2.45, 2.75) is 20.0 Å². The molecule has 3 aromatic carbocycles. The normalized spacial score (nSPS) is 11.2. The van der Waals surface area contributed by atoms with Crippen molar-refractivity contribution in [2.75, 3.05) is 26.0 Å². The summed E-state index contributed by atoms with van der Waals surface area (Å²) in [6, 6.07) is 21.7. The van der Waals surface area contributed by atoms with E-state index in [1.54, 1.807) is 6.92 Å². The quantitative estimate of drug-likeness (QED) is 0.347. The molecule has 0 aliphatic rings. The van der Waals surface area contributed by atoms with Crippen molar-refractivity contribution in [3.63, 3.8) is 0 Å². The zero-order valence-corrected chi connectivity index (χ0v) is 20.1. The van der Waals surface area contributed by atoms with Gasteiger partial charge in [0.25, 0.3) is 0 Å². The van der Waals surface area contributed by atoms with E-state index in [-0.39, 0.29) is 18.3 Å². The molecule has 2 N–H and O–H groups in total. The number of fused-ring (bicyclic) bond motifs is 1. The van der Waals surface area contributed by atoms with Crippen molar-refractivity contribution in [1.29, 1.82) is 0 Å². The largest absolute Gasteiger partial charge is 0.507 e. The number of carbonyl (C=O) groups excluding carboxylic acids is 1. The number of aromatic nitrogens is 1. The molecule has 0 aliphatic carbocycles. The van der Waals surface area contributed by atoms with E-state index in [0.717, 1.165) is 33.4 Å². The summed E-state index contributed by atoms with van der Waals surface area (Å²) in [4.78, 5) is 15.2. The van der Waals surface area contributed by atoms with Crippen LogP contribution in [0.4, 0.5) is 5.69 Å². The van der Waals surface area contributed by atoms with Crippen LogP contribution in [-0.4, -0.2) is 41.2 Å². The molecule has 6 heteroatoms. The van der Waals surface area contributed by atoms with Gasteiger partial charge in [0.1, 0.15) is 5.75 Å². The monoisotopic (exact) mass is 457 g/mol. The van der Waals surface area contributed by atoms with E-state index in [1.165, 1.54) is 0 Å². The van der Waals surface area contributed by atoms with Gasteiger partial charge in [0.15, 0.2) is 0 Å². The first-order chi connectivity index (χ1) is 16.4. The molecule has 0 radical (unpaired) electrons. The lowest BCUT2D eigenvalue weighted by molar-refractivity contribution is 0.0527. The molecule has 0 bridgehead atoms. The molecule has 176 valence electrons. The molecular formula is C28H31N3O3. The second-order valence-electron chi connectivity index (χ2n) is 8.57. The number of nitrogens with zero attached hydrogens (tertiary/aromatic N) is 2. The van der Waals surface area contributed by atoms with Gasteiger partial charge < -0.3 is 24.6 Å². The second kappa shape index (κ2) is 10.0. The van der Waals surface area contributed by atoms with Gasteiger partial charge in [-0.3, -0.25) is 0 Å². The molecule has 0 fully saturated rings. The van der Waals surface area contributed by atoms with Crippen LogP contribution < -0.4 is 5.32 Å². The van der Waals surface area contributed by atoms with Crippen LogP contribution in [0.5, 0.6) is 5.75 Å². The van der Waals surface area contributed by atoms with Crippen LogP contribution in [0.1, 0.15) is 28.5 Å². The first-order valence-corrected chi connectivity index (χ1v) is 11.4. The average molecular weight is 458 g/mol. The van der Waals surface area contributed by atoms with Gasteiger partial charge in [-0.05, 0) is 44.8 Å². The van der Waals surface area contributed by atoms with E-state index in [1.807, 2.05) is 97.3 Å². The Morgan fingerprint density at radius 3 is 2.32 bits per heavy atom. The van der Waals surface area contributed by atoms with Crippen LogP contribution in [-0.2, 0) is 24.9 Å². The number of anilines is 1. The fraction of sp³-hybridized carbons (Fsp3) is 0.250. The number of hydrogen-bond acceptors (Lipinski definition) is 5. The Morgan fingerprint density at radius 1 is 1.06 bits per heavy atom. The van der Waals surface area contributed by atoms with E-state index in [0.29, 0.717) is 24.2 Å². The molecule has 0 atom stereocenters. The van der Waals surface area contributed by atoms with Gasteiger partial charge in [-0.15, -0.1) is 0 Å². The Bertz CT molecular complexity index is 1300. The van der Waals surface area contributed by atoms with Crippen molar-refractivity contribution >= 4 is 22.6 Å². The van der Waals surface area contributed by atoms with Gasteiger partial charge in [-0.2, -0.15) is 0 Å². The maximum absolute atomic E-state index is 13.2. The number of carbonyl (C=O) groups is 1. The summed E-state index contributed by atoms with van der Waals surface area (Å²) in [7, 11) is 5.86. The smallest absolute Gasteiger partial charge is 0.340 e. The Kier molecular flexibility index (Phi) is 6.89. The fourth-order valence-electron chi connectivity index (χ4n) is 4.39. The standard InChI is InChI=1S/C28H31N3O3/c1-5-34-28(33)26-24(17-29-20-14-10-7-11-15-20)31(4)23-16-21(19-12-8-6-9-13-19)27(32)22(25(23)26)18-30(2)3/h6-16,29,32H,5,17-18H2,1-4H3. The summed E-state index contributed by atoms with van der Waals surface area (Å²) in [5.41, 5.74) is 5.51. The number of hydrogen-bond donors (Lipinski definition) is 2. The first-order valence-electron chi connectivity index (χ1n) is 11.4. The van der Waals surface area contributed by atoms with Crippen LogP contribution in [0.3, 0.4) is 0 Å². The SMILES string of the molecule is CCOC(=O)c1c(CNc2ccccc2)n(C)c2cc(-c3ccccc3)c(O)c(CN(C)C)c12. The fourth-order valence-corrected chi connectivity index (χ4v) is 4.39. The molecule has 1 heterocycles. The van der Waals surface area contributed by atoms with E-state index in [2.05, 4.69) is 5.32 Å². The highest BCUT2D eigenvalue weighted by atomic mass is 16.5. The van der Waals surface area contributed by atoms with Crippen LogP contribution in [0.2, 0.25) is 0 Å². The topological polar surface area (TPSA) is 66.7 Å². The van der Waals surface area contributed by atoms with Crippen molar-refractivity contribution < 1.29 is 14.6 Å². The molecule has 0 amide bonds. The molecule has 6 nitrogen and oxygen atoms in total. The van der Waals surface area contributed by atoms with Gasteiger partial charge in [-0.1, -0.05) is 48.5 Å². The third-order valence-electron chi connectivity index (χ3n) is 5.96. The third kappa shape index (κ3) is 4.50. The van der Waals surface area contributed by atoms with Gasteiger partial charge in [-0.25, -0.2) is 4.79 Å². The molecule has 34 heavy (non-hydrogen) atoms. The predicted molar refractivity (Wildman–Crippen MR) is 137 cm³/mol. The Balaban J connectivity index is 1.98. The number of nitrogens with one attached hydrogen (secondary N) is 1. The molecule has 0 spiro atoms. The Labute approximate surface area is 200 Å². The lowest BCUT2D eigenvalue weighted by atomic mass is 9.96. The number of benzene rings is 3. The minimum absolute atomic E-state index is 0.186. The third-order valence-corrected chi connectivity index (χ3v) is 5.96. The molecular weight excluding hydrogens is 426 g/mol. The van der Waals surface area contributed by atoms with Crippen LogP contribution in [0.15, 0.2) is 66.7 Å². The summed E-state index contributed by atoms with van der Waals surface area (Å²) in [5.74, 6) is -0.198. The number of aromatic hydroxyl groups is 1. The zero-order chi connectivity index (χ0) is 24.2. The van der Waals surface area contributed by atoms with Crippen molar-refractivity contribution in [1.82, 2.24) is 9.47 Å². The van der Waals surface area contributed by atoms with Gasteiger partial charge in [0.05, 0.1) is 29.9 Å². The number of phenols is 1. The predicted octanol–water partition coefficient (Wildman–Crippen LogP) is 5.40. The summed E-state index contributed by atoms with van der Waals surface area (Å²) in [5, 5.41) is 15.6. The Morgan fingerprint density at radius 2 is 1.71 bits per heavy atom. The number of phenolic OH excluding ortho intramolecular Hbond substituents is 1. The van der Waals surface area contributed by atoms with Gasteiger partial charge >= 0.3 is 5.97 Å². The second-order valence-corrected chi connectivity index (χ2v) is 8.57. The van der Waals surface area contributed by atoms with Crippen LogP contribution >= 0.6 is 0 Å². The van der Waals surface area contributed by atoms with Crippen LogP contribution in [0.25, 0.3) is 22.0 Å². The molecule has 4 rings (SSSR count). The lowest BCUT2D eigenvalue weighted by Crippen LogP contribution is -2.14. The maximum atomic E-state index is 13.2. The zero-order valence-electron chi connectivity index (χ0n) is 20.1. The summed E-state index contributed by atoms with van der Waals surface area (Å²) >= 11 is 0.